The first-order valence-corrected chi connectivity index (χ1v) is 6.46. The van der Waals surface area contributed by atoms with Gasteiger partial charge in [0.15, 0.2) is 0 Å². The van der Waals surface area contributed by atoms with Crippen LogP contribution in [0.15, 0.2) is 18.2 Å². The van der Waals surface area contributed by atoms with Gasteiger partial charge in [0.2, 0.25) is 0 Å². The zero-order chi connectivity index (χ0) is 11.7. The summed E-state index contributed by atoms with van der Waals surface area (Å²) in [7, 11) is 0. The molecule has 1 amide bonds. The van der Waals surface area contributed by atoms with Gasteiger partial charge in [0.05, 0.1) is 11.1 Å². The standard InChI is InChI=1S/C11H11ClINO2/c12-9-5-7(1-2-10(9)13)11(16)14-4-3-8(15)6-14/h1-2,5,8,15H,3-4,6H2/t8-/m1/s1. The predicted octanol–water partition coefficient (Wildman–Crippen LogP) is 2.15. The summed E-state index contributed by atoms with van der Waals surface area (Å²) in [6.45, 7) is 1.03. The first kappa shape index (κ1) is 12.1. The van der Waals surface area contributed by atoms with Crippen LogP contribution >= 0.6 is 34.2 Å². The highest BCUT2D eigenvalue weighted by molar-refractivity contribution is 14.1. The van der Waals surface area contributed by atoms with Crippen molar-refractivity contribution >= 4 is 40.1 Å². The van der Waals surface area contributed by atoms with Crippen LogP contribution in [0, 0.1) is 3.57 Å². The Hall–Kier alpha value is -0.330. The Morgan fingerprint density at radius 1 is 1.56 bits per heavy atom. The van der Waals surface area contributed by atoms with E-state index in [1.807, 2.05) is 6.07 Å². The average Bonchev–Trinajstić information content (AvgIpc) is 2.68. The van der Waals surface area contributed by atoms with Crippen LogP contribution in [-0.2, 0) is 0 Å². The van der Waals surface area contributed by atoms with E-state index in [0.29, 0.717) is 30.1 Å². The molecule has 0 aromatic heterocycles. The van der Waals surface area contributed by atoms with E-state index in [1.54, 1.807) is 17.0 Å². The number of β-amino-alcohol motifs (C(OH)–C–C–N with tert-alkyl or cyclic N) is 1. The van der Waals surface area contributed by atoms with Crippen LogP contribution in [0.3, 0.4) is 0 Å². The fourth-order valence-electron chi connectivity index (χ4n) is 1.74. The molecular weight excluding hydrogens is 340 g/mol. The quantitative estimate of drug-likeness (QED) is 0.788. The molecule has 2 rings (SSSR count). The van der Waals surface area contributed by atoms with Gasteiger partial charge < -0.3 is 10.0 Å². The lowest BCUT2D eigenvalue weighted by atomic mass is 10.2. The van der Waals surface area contributed by atoms with Gasteiger partial charge in [-0.05, 0) is 47.2 Å². The molecule has 1 aromatic rings. The molecule has 16 heavy (non-hydrogen) atoms. The van der Waals surface area contributed by atoms with E-state index in [9.17, 15) is 9.90 Å². The second kappa shape index (κ2) is 4.89. The molecule has 0 spiro atoms. The van der Waals surface area contributed by atoms with Crippen LogP contribution in [0.5, 0.6) is 0 Å². The van der Waals surface area contributed by atoms with Crippen molar-refractivity contribution in [3.63, 3.8) is 0 Å². The van der Waals surface area contributed by atoms with Crippen LogP contribution in [0.1, 0.15) is 16.8 Å². The molecule has 0 radical (unpaired) electrons. The van der Waals surface area contributed by atoms with Crippen molar-refractivity contribution in [2.45, 2.75) is 12.5 Å². The first-order valence-electron chi connectivity index (χ1n) is 5.00. The Labute approximate surface area is 113 Å². The molecule has 1 N–H and O–H groups in total. The number of aliphatic hydroxyl groups is 1. The first-order chi connectivity index (χ1) is 7.58. The monoisotopic (exact) mass is 351 g/mol. The number of likely N-dealkylation sites (tertiary alicyclic amines) is 1. The molecule has 1 saturated heterocycles. The summed E-state index contributed by atoms with van der Waals surface area (Å²) in [6.07, 6.45) is 0.271. The van der Waals surface area contributed by atoms with Crippen LogP contribution < -0.4 is 0 Å². The van der Waals surface area contributed by atoms with Crippen molar-refractivity contribution in [3.8, 4) is 0 Å². The average molecular weight is 352 g/mol. The van der Waals surface area contributed by atoms with Gasteiger partial charge >= 0.3 is 0 Å². The molecule has 0 aliphatic carbocycles. The molecule has 1 aliphatic rings. The molecule has 1 aliphatic heterocycles. The number of amides is 1. The summed E-state index contributed by atoms with van der Waals surface area (Å²) in [4.78, 5) is 13.7. The largest absolute Gasteiger partial charge is 0.391 e. The number of aliphatic hydroxyl groups excluding tert-OH is 1. The lowest BCUT2D eigenvalue weighted by Crippen LogP contribution is -2.29. The van der Waals surface area contributed by atoms with E-state index in [1.165, 1.54) is 0 Å². The lowest BCUT2D eigenvalue weighted by Gasteiger charge is -2.15. The van der Waals surface area contributed by atoms with E-state index in [4.69, 9.17) is 11.6 Å². The number of benzene rings is 1. The summed E-state index contributed by atoms with van der Waals surface area (Å²) >= 11 is 8.08. The minimum atomic E-state index is -0.386. The molecular formula is C11H11ClINO2. The molecule has 1 fully saturated rings. The van der Waals surface area contributed by atoms with Gasteiger partial charge in [0.1, 0.15) is 0 Å². The van der Waals surface area contributed by atoms with Gasteiger partial charge in [-0.15, -0.1) is 0 Å². The maximum atomic E-state index is 12.0. The summed E-state index contributed by atoms with van der Waals surface area (Å²) in [5, 5.41) is 9.96. The summed E-state index contributed by atoms with van der Waals surface area (Å²) < 4.78 is 0.928. The number of halogens is 2. The third-order valence-electron chi connectivity index (χ3n) is 2.62. The molecule has 0 unspecified atom stereocenters. The Morgan fingerprint density at radius 2 is 2.31 bits per heavy atom. The topological polar surface area (TPSA) is 40.5 Å². The van der Waals surface area contributed by atoms with Gasteiger partial charge in [-0.25, -0.2) is 0 Å². The lowest BCUT2D eigenvalue weighted by molar-refractivity contribution is 0.0765. The fraction of sp³-hybridized carbons (Fsp3) is 0.364. The molecule has 5 heteroatoms. The molecule has 1 atom stereocenters. The number of hydrogen-bond acceptors (Lipinski definition) is 2. The minimum absolute atomic E-state index is 0.0603. The molecule has 0 saturated carbocycles. The van der Waals surface area contributed by atoms with Crippen molar-refractivity contribution in [1.82, 2.24) is 4.90 Å². The van der Waals surface area contributed by atoms with Crippen LogP contribution in [0.2, 0.25) is 5.02 Å². The maximum Gasteiger partial charge on any atom is 0.253 e. The molecule has 1 aromatic carbocycles. The Balaban J connectivity index is 2.18. The normalized spacial score (nSPS) is 20.2. The summed E-state index contributed by atoms with van der Waals surface area (Å²) in [6, 6.07) is 5.26. The van der Waals surface area contributed by atoms with E-state index >= 15 is 0 Å². The molecule has 86 valence electrons. The summed E-state index contributed by atoms with van der Waals surface area (Å²) in [5.41, 5.74) is 0.583. The Bertz CT molecular complexity index is 424. The number of nitrogens with zero attached hydrogens (tertiary/aromatic N) is 1. The third-order valence-corrected chi connectivity index (χ3v) is 4.19. The second-order valence-electron chi connectivity index (χ2n) is 3.82. The number of carbonyl (C=O) groups is 1. The van der Waals surface area contributed by atoms with Gasteiger partial charge in [-0.2, -0.15) is 0 Å². The fourth-order valence-corrected chi connectivity index (χ4v) is 2.25. The number of rotatable bonds is 1. The summed E-state index contributed by atoms with van der Waals surface area (Å²) in [5.74, 6) is -0.0603. The number of carbonyl (C=O) groups excluding carboxylic acids is 1. The van der Waals surface area contributed by atoms with Crippen molar-refractivity contribution in [2.75, 3.05) is 13.1 Å². The minimum Gasteiger partial charge on any atom is -0.391 e. The van der Waals surface area contributed by atoms with Gasteiger partial charge in [0, 0.05) is 22.2 Å². The third kappa shape index (κ3) is 2.49. The van der Waals surface area contributed by atoms with Gasteiger partial charge in [-0.1, -0.05) is 11.6 Å². The van der Waals surface area contributed by atoms with E-state index < -0.39 is 0 Å². The van der Waals surface area contributed by atoms with Crippen molar-refractivity contribution < 1.29 is 9.90 Å². The van der Waals surface area contributed by atoms with Crippen molar-refractivity contribution in [2.24, 2.45) is 0 Å². The smallest absolute Gasteiger partial charge is 0.253 e. The Morgan fingerprint density at radius 3 is 2.88 bits per heavy atom. The van der Waals surface area contributed by atoms with Gasteiger partial charge in [0.25, 0.3) is 5.91 Å². The van der Waals surface area contributed by atoms with E-state index in [2.05, 4.69) is 22.6 Å². The van der Waals surface area contributed by atoms with Gasteiger partial charge in [-0.3, -0.25) is 4.79 Å². The van der Waals surface area contributed by atoms with Crippen LogP contribution in [0.25, 0.3) is 0 Å². The van der Waals surface area contributed by atoms with E-state index in [0.717, 1.165) is 3.57 Å². The highest BCUT2D eigenvalue weighted by Crippen LogP contribution is 2.21. The maximum absolute atomic E-state index is 12.0. The van der Waals surface area contributed by atoms with Crippen LogP contribution in [0.4, 0.5) is 0 Å². The zero-order valence-electron chi connectivity index (χ0n) is 8.49. The second-order valence-corrected chi connectivity index (χ2v) is 5.39. The highest BCUT2D eigenvalue weighted by Gasteiger charge is 2.25. The number of hydrogen-bond donors (Lipinski definition) is 1. The SMILES string of the molecule is O=C(c1ccc(I)c(Cl)c1)N1CC[C@@H](O)C1. The van der Waals surface area contributed by atoms with Crippen molar-refractivity contribution in [1.29, 1.82) is 0 Å². The zero-order valence-corrected chi connectivity index (χ0v) is 11.4. The van der Waals surface area contributed by atoms with E-state index in [-0.39, 0.29) is 12.0 Å². The Kier molecular flexibility index (Phi) is 3.71. The molecule has 1 heterocycles. The van der Waals surface area contributed by atoms with Crippen LogP contribution in [-0.4, -0.2) is 35.1 Å². The highest BCUT2D eigenvalue weighted by atomic mass is 127. The predicted molar refractivity (Wildman–Crippen MR) is 70.7 cm³/mol. The van der Waals surface area contributed by atoms with Crippen molar-refractivity contribution in [3.05, 3.63) is 32.4 Å². The molecule has 3 nitrogen and oxygen atoms in total. The molecule has 0 bridgehead atoms.